The first kappa shape index (κ1) is 9.42. The van der Waals surface area contributed by atoms with Crippen molar-refractivity contribution >= 4 is 0 Å². The molecule has 1 aliphatic rings. The van der Waals surface area contributed by atoms with E-state index in [0.29, 0.717) is 0 Å². The van der Waals surface area contributed by atoms with Crippen molar-refractivity contribution in [2.75, 3.05) is 6.54 Å². The highest BCUT2D eigenvalue weighted by Crippen LogP contribution is 2.20. The number of rotatable bonds is 1. The first-order chi connectivity index (χ1) is 7.84. The van der Waals surface area contributed by atoms with Crippen molar-refractivity contribution in [2.45, 2.75) is 13.0 Å². The van der Waals surface area contributed by atoms with Crippen LogP contribution in [0.2, 0.25) is 0 Å². The van der Waals surface area contributed by atoms with Crippen LogP contribution < -0.4 is 5.32 Å². The molecule has 0 bridgehead atoms. The second-order valence-electron chi connectivity index (χ2n) is 3.97. The summed E-state index contributed by atoms with van der Waals surface area (Å²) in [5, 5.41) is 17.2. The summed E-state index contributed by atoms with van der Waals surface area (Å²) in [7, 11) is 0. The molecule has 0 saturated heterocycles. The van der Waals surface area contributed by atoms with Crippen molar-refractivity contribution in [3.63, 3.8) is 0 Å². The third-order valence-electron chi connectivity index (χ3n) is 2.88. The van der Waals surface area contributed by atoms with Gasteiger partial charge < -0.3 is 10.4 Å². The molecule has 82 valence electrons. The van der Waals surface area contributed by atoms with Gasteiger partial charge in [0.1, 0.15) is 5.75 Å². The van der Waals surface area contributed by atoms with E-state index in [9.17, 15) is 5.11 Å². The first-order valence-electron chi connectivity index (χ1n) is 5.40. The fourth-order valence-electron chi connectivity index (χ4n) is 2.10. The molecule has 1 aromatic heterocycles. The Morgan fingerprint density at radius 3 is 3.19 bits per heavy atom. The highest BCUT2D eigenvalue weighted by Gasteiger charge is 2.15. The molecule has 0 spiro atoms. The number of nitrogens with zero attached hydrogens (tertiary/aromatic N) is 2. The average molecular weight is 215 g/mol. The minimum atomic E-state index is 0.274. The van der Waals surface area contributed by atoms with E-state index in [2.05, 4.69) is 10.4 Å². The van der Waals surface area contributed by atoms with E-state index in [-0.39, 0.29) is 5.75 Å². The fraction of sp³-hybridized carbons (Fsp3) is 0.250. The summed E-state index contributed by atoms with van der Waals surface area (Å²) in [6, 6.07) is 7.19. The van der Waals surface area contributed by atoms with Crippen molar-refractivity contribution in [3.8, 4) is 11.4 Å². The normalized spacial score (nSPS) is 14.8. The van der Waals surface area contributed by atoms with E-state index < -0.39 is 0 Å². The van der Waals surface area contributed by atoms with Crippen LogP contribution in [-0.2, 0) is 13.0 Å². The summed E-state index contributed by atoms with van der Waals surface area (Å²) < 4.78 is 1.91. The summed E-state index contributed by atoms with van der Waals surface area (Å²) in [6.07, 6.45) is 2.87. The Balaban J connectivity index is 2.09. The van der Waals surface area contributed by atoms with Crippen LogP contribution in [0, 0.1) is 0 Å². The van der Waals surface area contributed by atoms with Crippen LogP contribution in [-0.4, -0.2) is 21.4 Å². The highest BCUT2D eigenvalue weighted by atomic mass is 16.3. The SMILES string of the molecule is Oc1cccc(-n2ncc3c2CCNC3)c1. The van der Waals surface area contributed by atoms with Crippen LogP contribution in [0.3, 0.4) is 0 Å². The first-order valence-corrected chi connectivity index (χ1v) is 5.40. The Bertz CT molecular complexity index is 519. The van der Waals surface area contributed by atoms with Gasteiger partial charge in [-0.15, -0.1) is 0 Å². The van der Waals surface area contributed by atoms with E-state index in [1.54, 1.807) is 12.1 Å². The minimum Gasteiger partial charge on any atom is -0.508 e. The van der Waals surface area contributed by atoms with Gasteiger partial charge >= 0.3 is 0 Å². The number of nitrogens with one attached hydrogen (secondary N) is 1. The smallest absolute Gasteiger partial charge is 0.117 e. The molecule has 2 aromatic rings. The van der Waals surface area contributed by atoms with E-state index >= 15 is 0 Å². The maximum atomic E-state index is 9.46. The van der Waals surface area contributed by atoms with Crippen molar-refractivity contribution in [1.29, 1.82) is 0 Å². The predicted molar refractivity (Wildman–Crippen MR) is 60.6 cm³/mol. The number of hydrogen-bond acceptors (Lipinski definition) is 3. The number of aromatic hydroxyl groups is 1. The maximum absolute atomic E-state index is 9.46. The van der Waals surface area contributed by atoms with Crippen molar-refractivity contribution < 1.29 is 5.11 Å². The molecule has 0 atom stereocenters. The quantitative estimate of drug-likeness (QED) is 0.752. The van der Waals surface area contributed by atoms with E-state index in [4.69, 9.17) is 0 Å². The molecular weight excluding hydrogens is 202 g/mol. The van der Waals surface area contributed by atoms with Crippen LogP contribution in [0.1, 0.15) is 11.3 Å². The number of benzene rings is 1. The van der Waals surface area contributed by atoms with Gasteiger partial charge in [-0.3, -0.25) is 0 Å². The Morgan fingerprint density at radius 2 is 2.31 bits per heavy atom. The van der Waals surface area contributed by atoms with Gasteiger partial charge in [0.25, 0.3) is 0 Å². The van der Waals surface area contributed by atoms with E-state index in [1.807, 2.05) is 23.0 Å². The van der Waals surface area contributed by atoms with Gasteiger partial charge in [0, 0.05) is 36.8 Å². The molecule has 0 fully saturated rings. The summed E-state index contributed by atoms with van der Waals surface area (Å²) in [5.74, 6) is 0.274. The van der Waals surface area contributed by atoms with Gasteiger partial charge in [0.2, 0.25) is 0 Å². The zero-order valence-corrected chi connectivity index (χ0v) is 8.85. The molecule has 0 radical (unpaired) electrons. The maximum Gasteiger partial charge on any atom is 0.117 e. The van der Waals surface area contributed by atoms with Gasteiger partial charge in [0.15, 0.2) is 0 Å². The number of phenols is 1. The molecule has 3 rings (SSSR count). The Morgan fingerprint density at radius 1 is 1.38 bits per heavy atom. The zero-order chi connectivity index (χ0) is 11.0. The van der Waals surface area contributed by atoms with E-state index in [1.165, 1.54) is 11.3 Å². The largest absolute Gasteiger partial charge is 0.508 e. The monoisotopic (exact) mass is 215 g/mol. The summed E-state index contributed by atoms with van der Waals surface area (Å²) in [6.45, 7) is 1.87. The van der Waals surface area contributed by atoms with Crippen LogP contribution in [0.4, 0.5) is 0 Å². The van der Waals surface area contributed by atoms with Gasteiger partial charge in [-0.25, -0.2) is 4.68 Å². The van der Waals surface area contributed by atoms with Crippen LogP contribution in [0.15, 0.2) is 30.5 Å². The molecule has 4 heteroatoms. The van der Waals surface area contributed by atoms with Crippen molar-refractivity contribution in [3.05, 3.63) is 41.7 Å². The molecule has 2 heterocycles. The van der Waals surface area contributed by atoms with Crippen molar-refractivity contribution in [1.82, 2.24) is 15.1 Å². The fourth-order valence-corrected chi connectivity index (χ4v) is 2.10. The van der Waals surface area contributed by atoms with E-state index in [0.717, 1.165) is 25.2 Å². The molecule has 4 nitrogen and oxygen atoms in total. The summed E-state index contributed by atoms with van der Waals surface area (Å²) >= 11 is 0. The Kier molecular flexibility index (Phi) is 2.15. The molecule has 2 N–H and O–H groups in total. The van der Waals surface area contributed by atoms with Crippen LogP contribution >= 0.6 is 0 Å². The molecule has 0 saturated carbocycles. The molecule has 1 aliphatic heterocycles. The lowest BCUT2D eigenvalue weighted by molar-refractivity contribution is 0.474. The van der Waals surface area contributed by atoms with Crippen LogP contribution in [0.25, 0.3) is 5.69 Å². The second-order valence-corrected chi connectivity index (χ2v) is 3.97. The third kappa shape index (κ3) is 1.47. The number of aromatic nitrogens is 2. The Hall–Kier alpha value is -1.81. The third-order valence-corrected chi connectivity index (χ3v) is 2.88. The van der Waals surface area contributed by atoms with Gasteiger partial charge in [-0.2, -0.15) is 5.10 Å². The topological polar surface area (TPSA) is 50.1 Å². The second kappa shape index (κ2) is 3.64. The number of phenolic OH excluding ortho intramolecular Hbond substituents is 1. The molecule has 0 aliphatic carbocycles. The minimum absolute atomic E-state index is 0.274. The molecule has 1 aromatic carbocycles. The zero-order valence-electron chi connectivity index (χ0n) is 8.85. The lowest BCUT2D eigenvalue weighted by Crippen LogP contribution is -2.24. The summed E-state index contributed by atoms with van der Waals surface area (Å²) in [4.78, 5) is 0. The molecule has 0 amide bonds. The van der Waals surface area contributed by atoms with Gasteiger partial charge in [0.05, 0.1) is 11.9 Å². The predicted octanol–water partition coefficient (Wildman–Crippen LogP) is 1.22. The van der Waals surface area contributed by atoms with Gasteiger partial charge in [-0.1, -0.05) is 6.07 Å². The molecule has 0 unspecified atom stereocenters. The molecule has 16 heavy (non-hydrogen) atoms. The lowest BCUT2D eigenvalue weighted by Gasteiger charge is -2.15. The number of hydrogen-bond donors (Lipinski definition) is 2. The van der Waals surface area contributed by atoms with Crippen molar-refractivity contribution in [2.24, 2.45) is 0 Å². The molecular formula is C12H13N3O. The highest BCUT2D eigenvalue weighted by molar-refractivity contribution is 5.40. The average Bonchev–Trinajstić information content (AvgIpc) is 2.72. The van der Waals surface area contributed by atoms with Crippen LogP contribution in [0.5, 0.6) is 5.75 Å². The summed E-state index contributed by atoms with van der Waals surface area (Å²) in [5.41, 5.74) is 3.40. The lowest BCUT2D eigenvalue weighted by atomic mass is 10.1. The van der Waals surface area contributed by atoms with Gasteiger partial charge in [-0.05, 0) is 12.1 Å². The Labute approximate surface area is 93.5 Å². The standard InChI is InChI=1S/C12H13N3O/c16-11-3-1-2-10(6-11)15-12-4-5-13-7-9(12)8-14-15/h1-3,6,8,13,16H,4-5,7H2. The number of fused-ring (bicyclic) bond motifs is 1.